The van der Waals surface area contributed by atoms with E-state index in [-0.39, 0.29) is 36.1 Å². The van der Waals surface area contributed by atoms with Gasteiger partial charge in [0.1, 0.15) is 5.75 Å². The van der Waals surface area contributed by atoms with E-state index in [9.17, 15) is 22.8 Å². The topological polar surface area (TPSA) is 58.6 Å². The van der Waals surface area contributed by atoms with Crippen molar-refractivity contribution in [3.8, 4) is 5.75 Å². The number of rotatable bonds is 6. The maximum Gasteiger partial charge on any atom is 0.573 e. The second kappa shape index (κ2) is 8.57. The number of hydrogen-bond donors (Lipinski definition) is 1. The molecule has 0 fully saturated rings. The number of benzene rings is 2. The van der Waals surface area contributed by atoms with E-state index >= 15 is 0 Å². The Morgan fingerprint density at radius 1 is 1.07 bits per heavy atom. The highest BCUT2D eigenvalue weighted by Crippen LogP contribution is 2.27. The highest BCUT2D eigenvalue weighted by Gasteiger charge is 2.32. The lowest BCUT2D eigenvalue weighted by molar-refractivity contribution is -0.275. The molecule has 144 valence electrons. The molecule has 0 saturated heterocycles. The lowest BCUT2D eigenvalue weighted by atomic mass is 10.1. The van der Waals surface area contributed by atoms with Crippen LogP contribution >= 0.6 is 0 Å². The molecule has 0 aromatic heterocycles. The molecule has 27 heavy (non-hydrogen) atoms. The highest BCUT2D eigenvalue weighted by molar-refractivity contribution is 5.88. The van der Waals surface area contributed by atoms with Crippen molar-refractivity contribution in [3.63, 3.8) is 0 Å². The van der Waals surface area contributed by atoms with Gasteiger partial charge in [-0.05, 0) is 23.8 Å². The monoisotopic (exact) mass is 380 g/mol. The van der Waals surface area contributed by atoms with Gasteiger partial charge in [-0.15, -0.1) is 13.2 Å². The average molecular weight is 380 g/mol. The molecule has 5 nitrogen and oxygen atoms in total. The number of anilines is 1. The van der Waals surface area contributed by atoms with Crippen molar-refractivity contribution in [3.05, 3.63) is 59.7 Å². The number of carbonyl (C=O) groups excluding carboxylic acids is 2. The zero-order chi connectivity index (χ0) is 20.0. The first-order valence-electron chi connectivity index (χ1n) is 8.08. The molecule has 0 heterocycles. The first kappa shape index (κ1) is 20.3. The lowest BCUT2D eigenvalue weighted by Gasteiger charge is -2.20. The fourth-order valence-corrected chi connectivity index (χ4v) is 2.42. The minimum atomic E-state index is -4.80. The molecule has 0 bridgehead atoms. The highest BCUT2D eigenvalue weighted by atomic mass is 19.4. The van der Waals surface area contributed by atoms with E-state index < -0.39 is 6.36 Å². The summed E-state index contributed by atoms with van der Waals surface area (Å²) in [5.41, 5.74) is 1.60. The molecule has 0 atom stereocenters. The van der Waals surface area contributed by atoms with Crippen molar-refractivity contribution in [2.24, 2.45) is 0 Å². The molecule has 0 spiro atoms. The number of likely N-dealkylation sites (N-methyl/N-ethyl adjacent to an activating group) is 1. The van der Waals surface area contributed by atoms with Crippen molar-refractivity contribution >= 4 is 17.5 Å². The van der Waals surface area contributed by atoms with Gasteiger partial charge in [0, 0.05) is 31.8 Å². The van der Waals surface area contributed by atoms with E-state index in [1.165, 1.54) is 37.1 Å². The predicted molar refractivity (Wildman–Crippen MR) is 94.0 cm³/mol. The van der Waals surface area contributed by atoms with Gasteiger partial charge in [-0.3, -0.25) is 9.59 Å². The third kappa shape index (κ3) is 6.65. The van der Waals surface area contributed by atoms with Gasteiger partial charge >= 0.3 is 6.36 Å². The Labute approximate surface area is 154 Å². The zero-order valence-electron chi connectivity index (χ0n) is 14.8. The first-order chi connectivity index (χ1) is 12.6. The van der Waals surface area contributed by atoms with Crippen LogP contribution in [0.25, 0.3) is 0 Å². The molecular formula is C19H19F3N2O3. The number of hydrogen-bond acceptors (Lipinski definition) is 3. The van der Waals surface area contributed by atoms with Crippen LogP contribution in [0, 0.1) is 0 Å². The third-order valence-electron chi connectivity index (χ3n) is 3.66. The maximum absolute atomic E-state index is 12.5. The van der Waals surface area contributed by atoms with E-state index in [2.05, 4.69) is 10.1 Å². The summed E-state index contributed by atoms with van der Waals surface area (Å²) in [5, 5.41) is 2.63. The van der Waals surface area contributed by atoms with Crippen molar-refractivity contribution in [2.45, 2.75) is 26.3 Å². The molecule has 8 heteroatoms. The Balaban J connectivity index is 2.01. The normalized spacial score (nSPS) is 11.0. The number of ether oxygens (including phenoxy) is 1. The van der Waals surface area contributed by atoms with Crippen LogP contribution < -0.4 is 10.1 Å². The zero-order valence-corrected chi connectivity index (χ0v) is 14.8. The second-order valence-corrected chi connectivity index (χ2v) is 5.96. The third-order valence-corrected chi connectivity index (χ3v) is 3.66. The van der Waals surface area contributed by atoms with Crippen LogP contribution in [0.2, 0.25) is 0 Å². The fourth-order valence-electron chi connectivity index (χ4n) is 2.42. The van der Waals surface area contributed by atoms with Crippen molar-refractivity contribution in [2.75, 3.05) is 12.4 Å². The molecule has 2 aromatic carbocycles. The summed E-state index contributed by atoms with van der Waals surface area (Å²) >= 11 is 0. The predicted octanol–water partition coefficient (Wildman–Crippen LogP) is 3.74. The van der Waals surface area contributed by atoms with Crippen LogP contribution in [0.5, 0.6) is 5.75 Å². The quantitative estimate of drug-likeness (QED) is 0.831. The summed E-state index contributed by atoms with van der Waals surface area (Å²) in [7, 11) is 1.51. The van der Waals surface area contributed by atoms with E-state index in [0.717, 1.165) is 5.56 Å². The molecule has 2 rings (SSSR count). The molecule has 0 radical (unpaired) electrons. The average Bonchev–Trinajstić information content (AvgIpc) is 2.56. The Bertz CT molecular complexity index is 805. The van der Waals surface area contributed by atoms with Gasteiger partial charge in [0.15, 0.2) is 0 Å². The summed E-state index contributed by atoms with van der Waals surface area (Å²) in [5.74, 6) is -0.785. The fraction of sp³-hybridized carbons (Fsp3) is 0.263. The largest absolute Gasteiger partial charge is 0.573 e. The number of carbonyl (C=O) groups is 2. The SMILES string of the molecule is CC(=O)Nc1ccc(CC(=O)N(C)Cc2ccccc2OC(F)(F)F)cc1. The van der Waals surface area contributed by atoms with Gasteiger partial charge in [0.05, 0.1) is 6.42 Å². The summed E-state index contributed by atoms with van der Waals surface area (Å²) in [6, 6.07) is 12.5. The number of nitrogens with one attached hydrogen (secondary N) is 1. The molecule has 1 N–H and O–H groups in total. The molecular weight excluding hydrogens is 361 g/mol. The van der Waals surface area contributed by atoms with Gasteiger partial charge in [0.2, 0.25) is 11.8 Å². The van der Waals surface area contributed by atoms with E-state index in [1.807, 2.05) is 0 Å². The number of nitrogens with zero attached hydrogens (tertiary/aromatic N) is 1. The lowest BCUT2D eigenvalue weighted by Crippen LogP contribution is -2.28. The molecule has 0 unspecified atom stereocenters. The minimum absolute atomic E-state index is 0.0188. The number of alkyl halides is 3. The molecule has 2 amide bonds. The smallest absolute Gasteiger partial charge is 0.405 e. The van der Waals surface area contributed by atoms with Crippen LogP contribution in [0.1, 0.15) is 18.1 Å². The van der Waals surface area contributed by atoms with E-state index in [1.54, 1.807) is 30.3 Å². The second-order valence-electron chi connectivity index (χ2n) is 5.96. The molecule has 0 saturated carbocycles. The standard InChI is InChI=1S/C19H19F3N2O3/c1-13(25)23-16-9-7-14(8-10-16)11-18(26)24(2)12-15-5-3-4-6-17(15)27-19(20,21)22/h3-10H,11-12H2,1-2H3,(H,23,25). The van der Waals surface area contributed by atoms with Crippen LogP contribution in [0.15, 0.2) is 48.5 Å². The van der Waals surface area contributed by atoms with Gasteiger partial charge in [0.25, 0.3) is 0 Å². The van der Waals surface area contributed by atoms with Gasteiger partial charge in [-0.2, -0.15) is 0 Å². The molecule has 2 aromatic rings. The Hall–Kier alpha value is -3.03. The van der Waals surface area contributed by atoms with Crippen molar-refractivity contribution < 1.29 is 27.5 Å². The Morgan fingerprint density at radius 2 is 1.70 bits per heavy atom. The summed E-state index contributed by atoms with van der Waals surface area (Å²) in [6.07, 6.45) is -4.71. The number of amides is 2. The van der Waals surface area contributed by atoms with E-state index in [4.69, 9.17) is 0 Å². The van der Waals surface area contributed by atoms with Gasteiger partial charge in [-0.25, -0.2) is 0 Å². The van der Waals surface area contributed by atoms with E-state index in [0.29, 0.717) is 5.69 Å². The Morgan fingerprint density at radius 3 is 2.30 bits per heavy atom. The maximum atomic E-state index is 12.5. The van der Waals surface area contributed by atoms with Crippen LogP contribution in [0.4, 0.5) is 18.9 Å². The van der Waals surface area contributed by atoms with Crippen LogP contribution in [-0.2, 0) is 22.6 Å². The van der Waals surface area contributed by atoms with Crippen LogP contribution in [0.3, 0.4) is 0 Å². The number of halogens is 3. The summed E-state index contributed by atoms with van der Waals surface area (Å²) in [4.78, 5) is 24.7. The van der Waals surface area contributed by atoms with Gasteiger partial charge in [-0.1, -0.05) is 30.3 Å². The van der Waals surface area contributed by atoms with Crippen LogP contribution in [-0.4, -0.2) is 30.1 Å². The summed E-state index contributed by atoms with van der Waals surface area (Å²) in [6.45, 7) is 1.38. The van der Waals surface area contributed by atoms with Gasteiger partial charge < -0.3 is 15.0 Å². The molecule has 0 aliphatic heterocycles. The van der Waals surface area contributed by atoms with Crippen molar-refractivity contribution in [1.29, 1.82) is 0 Å². The molecule has 0 aliphatic carbocycles. The van der Waals surface area contributed by atoms with Crippen molar-refractivity contribution in [1.82, 2.24) is 4.90 Å². The Kier molecular flexibility index (Phi) is 6.44. The number of para-hydroxylation sites is 1. The molecule has 0 aliphatic rings. The summed E-state index contributed by atoms with van der Waals surface area (Å²) < 4.78 is 41.5. The minimum Gasteiger partial charge on any atom is -0.405 e. The first-order valence-corrected chi connectivity index (χ1v) is 8.08.